The van der Waals surface area contributed by atoms with Crippen LogP contribution in [0.5, 0.6) is 0 Å². The van der Waals surface area contributed by atoms with Crippen LogP contribution in [0.1, 0.15) is 52.9 Å². The molecule has 1 fully saturated rings. The monoisotopic (exact) mass is 198 g/mol. The molecule has 0 aromatic carbocycles. The van der Waals surface area contributed by atoms with E-state index in [2.05, 4.69) is 32.7 Å². The molecular formula is C12H26N2. The zero-order valence-electron chi connectivity index (χ0n) is 10.2. The Morgan fingerprint density at radius 3 is 2.14 bits per heavy atom. The molecule has 1 saturated carbocycles. The lowest BCUT2D eigenvalue weighted by atomic mass is 9.87. The van der Waals surface area contributed by atoms with Crippen LogP contribution in [-0.2, 0) is 0 Å². The lowest BCUT2D eigenvalue weighted by molar-refractivity contribution is 0.0718. The number of nitrogens with zero attached hydrogens (tertiary/aromatic N) is 1. The van der Waals surface area contributed by atoms with Crippen molar-refractivity contribution >= 4 is 0 Å². The van der Waals surface area contributed by atoms with Crippen LogP contribution in [0.3, 0.4) is 0 Å². The minimum atomic E-state index is 0.339. The number of nitrogens with two attached hydrogens (primary N) is 1. The van der Waals surface area contributed by atoms with E-state index in [0.29, 0.717) is 11.6 Å². The lowest BCUT2D eigenvalue weighted by Crippen LogP contribution is -2.49. The molecule has 0 aromatic heterocycles. The predicted octanol–water partition coefficient (Wildman–Crippen LogP) is 2.38. The van der Waals surface area contributed by atoms with Gasteiger partial charge in [0.15, 0.2) is 0 Å². The molecule has 84 valence electrons. The zero-order valence-corrected chi connectivity index (χ0v) is 10.2. The van der Waals surface area contributed by atoms with Crippen molar-refractivity contribution in [2.45, 2.75) is 70.5 Å². The van der Waals surface area contributed by atoms with Crippen molar-refractivity contribution < 1.29 is 0 Å². The van der Waals surface area contributed by atoms with E-state index in [0.717, 1.165) is 6.04 Å². The highest BCUT2D eigenvalue weighted by atomic mass is 15.2. The van der Waals surface area contributed by atoms with Crippen molar-refractivity contribution in [3.05, 3.63) is 0 Å². The van der Waals surface area contributed by atoms with Crippen LogP contribution < -0.4 is 5.73 Å². The van der Waals surface area contributed by atoms with Gasteiger partial charge in [-0.3, -0.25) is 4.90 Å². The van der Waals surface area contributed by atoms with Gasteiger partial charge in [-0.2, -0.15) is 0 Å². The first-order valence-corrected chi connectivity index (χ1v) is 5.96. The van der Waals surface area contributed by atoms with Crippen molar-refractivity contribution in [3.63, 3.8) is 0 Å². The molecule has 1 aliphatic rings. The van der Waals surface area contributed by atoms with E-state index in [-0.39, 0.29) is 0 Å². The zero-order chi connectivity index (χ0) is 10.8. The first kappa shape index (κ1) is 12.0. The Kier molecular flexibility index (Phi) is 3.96. The van der Waals surface area contributed by atoms with Crippen molar-refractivity contribution in [2.24, 2.45) is 5.73 Å². The van der Waals surface area contributed by atoms with E-state index < -0.39 is 0 Å². The van der Waals surface area contributed by atoms with Crippen LogP contribution >= 0.6 is 0 Å². The molecule has 0 atom stereocenters. The Balaban J connectivity index is 2.49. The second kappa shape index (κ2) is 4.63. The molecule has 14 heavy (non-hydrogen) atoms. The quantitative estimate of drug-likeness (QED) is 0.754. The van der Waals surface area contributed by atoms with Crippen LogP contribution in [0.15, 0.2) is 0 Å². The normalized spacial score (nSPS) is 29.6. The topological polar surface area (TPSA) is 29.3 Å². The summed E-state index contributed by atoms with van der Waals surface area (Å²) >= 11 is 0. The second-order valence-electron chi connectivity index (χ2n) is 5.35. The molecule has 0 heterocycles. The van der Waals surface area contributed by atoms with Crippen molar-refractivity contribution in [1.29, 1.82) is 0 Å². The van der Waals surface area contributed by atoms with Gasteiger partial charge < -0.3 is 5.73 Å². The average molecular weight is 198 g/mol. The highest BCUT2D eigenvalue weighted by Crippen LogP contribution is 2.27. The van der Waals surface area contributed by atoms with Crippen molar-refractivity contribution in [1.82, 2.24) is 4.90 Å². The maximum absolute atomic E-state index is 5.92. The molecule has 0 bridgehead atoms. The van der Waals surface area contributed by atoms with Gasteiger partial charge in [-0.15, -0.1) is 0 Å². The molecular weight excluding hydrogens is 172 g/mol. The van der Waals surface area contributed by atoms with Crippen LogP contribution in [0.4, 0.5) is 0 Å². The fourth-order valence-corrected chi connectivity index (χ4v) is 2.23. The smallest absolute Gasteiger partial charge is 0.0150 e. The van der Waals surface area contributed by atoms with E-state index in [9.17, 15) is 0 Å². The van der Waals surface area contributed by atoms with Crippen LogP contribution in [0, 0.1) is 0 Å². The summed E-state index contributed by atoms with van der Waals surface area (Å²) in [6.07, 6.45) is 6.18. The van der Waals surface area contributed by atoms with E-state index in [4.69, 9.17) is 5.73 Å². The summed E-state index contributed by atoms with van der Waals surface area (Å²) in [5.74, 6) is 0. The minimum Gasteiger partial charge on any atom is -0.328 e. The van der Waals surface area contributed by atoms with Gasteiger partial charge in [-0.25, -0.2) is 0 Å². The Bertz CT molecular complexity index is 169. The third kappa shape index (κ3) is 2.71. The number of hydrogen-bond acceptors (Lipinski definition) is 2. The second-order valence-corrected chi connectivity index (χ2v) is 5.35. The molecule has 1 rings (SSSR count). The molecule has 0 unspecified atom stereocenters. The average Bonchev–Trinajstić information content (AvgIpc) is 2.18. The highest BCUT2D eigenvalue weighted by Gasteiger charge is 2.30. The summed E-state index contributed by atoms with van der Waals surface area (Å²) in [5, 5.41) is 0. The Hall–Kier alpha value is -0.0800. The van der Waals surface area contributed by atoms with Gasteiger partial charge in [0.25, 0.3) is 0 Å². The molecule has 0 aromatic rings. The summed E-state index contributed by atoms with van der Waals surface area (Å²) in [7, 11) is 2.27. The van der Waals surface area contributed by atoms with Crippen molar-refractivity contribution in [2.75, 3.05) is 7.05 Å². The number of rotatable bonds is 3. The Labute approximate surface area is 88.8 Å². The van der Waals surface area contributed by atoms with Gasteiger partial charge in [0, 0.05) is 17.6 Å². The Morgan fingerprint density at radius 2 is 1.71 bits per heavy atom. The van der Waals surface area contributed by atoms with Gasteiger partial charge in [0.1, 0.15) is 0 Å². The standard InChI is InChI=1S/C12H26N2/c1-5-12(2,3)14(4)11-8-6-10(13)7-9-11/h10-11H,5-9,13H2,1-4H3. The molecule has 0 spiro atoms. The molecule has 0 amide bonds. The third-order valence-electron chi connectivity index (χ3n) is 4.11. The largest absolute Gasteiger partial charge is 0.328 e. The van der Waals surface area contributed by atoms with E-state index >= 15 is 0 Å². The fourth-order valence-electron chi connectivity index (χ4n) is 2.23. The fraction of sp³-hybridized carbons (Fsp3) is 1.00. The summed E-state index contributed by atoms with van der Waals surface area (Å²) in [6.45, 7) is 6.94. The van der Waals surface area contributed by atoms with Crippen LogP contribution in [-0.4, -0.2) is 29.6 Å². The SMILES string of the molecule is CCC(C)(C)N(C)C1CCC(N)CC1. The number of hydrogen-bond donors (Lipinski definition) is 1. The highest BCUT2D eigenvalue weighted by molar-refractivity contribution is 4.87. The molecule has 0 aliphatic heterocycles. The maximum atomic E-state index is 5.92. The predicted molar refractivity (Wildman–Crippen MR) is 62.4 cm³/mol. The van der Waals surface area contributed by atoms with E-state index in [1.54, 1.807) is 0 Å². The summed E-state index contributed by atoms with van der Waals surface area (Å²) in [4.78, 5) is 2.55. The first-order valence-electron chi connectivity index (χ1n) is 5.96. The van der Waals surface area contributed by atoms with Gasteiger partial charge >= 0.3 is 0 Å². The molecule has 1 aliphatic carbocycles. The van der Waals surface area contributed by atoms with Gasteiger partial charge in [-0.1, -0.05) is 6.92 Å². The molecule has 0 radical (unpaired) electrons. The van der Waals surface area contributed by atoms with Gasteiger partial charge in [0.05, 0.1) is 0 Å². The van der Waals surface area contributed by atoms with Crippen LogP contribution in [0.2, 0.25) is 0 Å². The van der Waals surface area contributed by atoms with Crippen molar-refractivity contribution in [3.8, 4) is 0 Å². The lowest BCUT2D eigenvalue weighted by Gasteiger charge is -2.43. The van der Waals surface area contributed by atoms with Gasteiger partial charge in [0.2, 0.25) is 0 Å². The summed E-state index contributed by atoms with van der Waals surface area (Å²) < 4.78 is 0. The van der Waals surface area contributed by atoms with E-state index in [1.807, 2.05) is 0 Å². The van der Waals surface area contributed by atoms with E-state index in [1.165, 1.54) is 32.1 Å². The summed E-state index contributed by atoms with van der Waals surface area (Å²) in [6, 6.07) is 1.22. The molecule has 0 saturated heterocycles. The molecule has 2 nitrogen and oxygen atoms in total. The maximum Gasteiger partial charge on any atom is 0.0150 e. The molecule has 2 heteroatoms. The van der Waals surface area contributed by atoms with Crippen LogP contribution in [0.25, 0.3) is 0 Å². The third-order valence-corrected chi connectivity index (χ3v) is 4.11. The minimum absolute atomic E-state index is 0.339. The summed E-state index contributed by atoms with van der Waals surface area (Å²) in [5.41, 5.74) is 6.26. The van der Waals surface area contributed by atoms with Gasteiger partial charge in [-0.05, 0) is 53.0 Å². The molecule has 2 N–H and O–H groups in total. The first-order chi connectivity index (χ1) is 6.47. The Morgan fingerprint density at radius 1 is 1.21 bits per heavy atom.